The molecule has 1 saturated heterocycles. The molecule has 0 amide bonds. The Morgan fingerprint density at radius 1 is 0.957 bits per heavy atom. The van der Waals surface area contributed by atoms with Gasteiger partial charge in [-0.2, -0.15) is 4.98 Å². The molecule has 10 nitrogen and oxygen atoms in total. The lowest BCUT2D eigenvalue weighted by molar-refractivity contribution is 0.104. The van der Waals surface area contributed by atoms with Crippen LogP contribution in [0.3, 0.4) is 0 Å². The van der Waals surface area contributed by atoms with E-state index in [0.29, 0.717) is 16.6 Å². The summed E-state index contributed by atoms with van der Waals surface area (Å²) in [5.74, 6) is 1.03. The number of ether oxygens (including phenoxy) is 1. The smallest absolute Gasteiger partial charge is 0.261 e. The van der Waals surface area contributed by atoms with Crippen LogP contribution in [-0.2, 0) is 16.4 Å². The molecular weight excluding hydrogens is 600 g/mol. The highest BCUT2D eigenvalue weighted by molar-refractivity contribution is 7.92. The second kappa shape index (κ2) is 11.9. The van der Waals surface area contributed by atoms with E-state index < -0.39 is 21.0 Å². The molecule has 0 aliphatic carbocycles. The largest absolute Gasteiger partial charge is 0.489 e. The number of hydrogen-bond acceptors (Lipinski definition) is 8. The van der Waals surface area contributed by atoms with Gasteiger partial charge in [0, 0.05) is 42.8 Å². The molecule has 11 heteroatoms. The van der Waals surface area contributed by atoms with Crippen molar-refractivity contribution in [2.75, 3.05) is 36.8 Å². The molecular formula is C35H36N6O4S. The summed E-state index contributed by atoms with van der Waals surface area (Å²) < 4.78 is 36.9. The van der Waals surface area contributed by atoms with Gasteiger partial charge >= 0.3 is 0 Å². The van der Waals surface area contributed by atoms with E-state index in [-0.39, 0.29) is 24.1 Å². The Morgan fingerprint density at radius 2 is 1.72 bits per heavy atom. The molecule has 2 aliphatic rings. The van der Waals surface area contributed by atoms with Gasteiger partial charge in [-0.25, -0.2) is 13.4 Å². The summed E-state index contributed by atoms with van der Waals surface area (Å²) in [5.41, 5.74) is 4.01. The molecule has 5 aromatic rings. The van der Waals surface area contributed by atoms with Crippen molar-refractivity contribution in [3.05, 3.63) is 107 Å². The number of aromatic nitrogens is 3. The monoisotopic (exact) mass is 636 g/mol. The summed E-state index contributed by atoms with van der Waals surface area (Å²) >= 11 is 0. The maximum atomic E-state index is 14.4. The van der Waals surface area contributed by atoms with Gasteiger partial charge in [0.05, 0.1) is 5.69 Å². The third-order valence-corrected chi connectivity index (χ3v) is 11.0. The minimum atomic E-state index is -3.99. The topological polar surface area (TPSA) is 110 Å². The number of benzene rings is 3. The standard InChI is InChI=1S/C35H36N6O4S/c1-23-9-4-6-12-29(23)30-19-25-21-36-35(37-26-14-16-27(17-15-26)45-28-11-8-18-39(2)22-28)38-33(25)41(34(30)42)32-20-24-10-5-7-13-31(24)40(3)46(32,43)44/h4-7,9-10,12-17,19,21,28,32H,8,11,18,20,22H2,1-3H3,(H,36,37,38). The first kappa shape index (κ1) is 29.9. The van der Waals surface area contributed by atoms with Crippen LogP contribution >= 0.6 is 0 Å². The van der Waals surface area contributed by atoms with E-state index in [1.54, 1.807) is 18.3 Å². The molecule has 0 spiro atoms. The number of rotatable bonds is 6. The predicted molar refractivity (Wildman–Crippen MR) is 181 cm³/mol. The average Bonchev–Trinajstić information content (AvgIpc) is 3.04. The molecule has 7 rings (SSSR count). The number of nitrogens with zero attached hydrogens (tertiary/aromatic N) is 5. The van der Waals surface area contributed by atoms with Gasteiger partial charge in [0.15, 0.2) is 5.37 Å². The Balaban J connectivity index is 1.30. The molecule has 46 heavy (non-hydrogen) atoms. The lowest BCUT2D eigenvalue weighted by Crippen LogP contribution is -2.43. The minimum Gasteiger partial charge on any atom is -0.489 e. The number of para-hydroxylation sites is 1. The first-order valence-electron chi connectivity index (χ1n) is 15.5. The van der Waals surface area contributed by atoms with E-state index in [0.717, 1.165) is 54.1 Å². The Hall–Kier alpha value is -4.74. The predicted octanol–water partition coefficient (Wildman–Crippen LogP) is 5.50. The number of aryl methyl sites for hydroxylation is 1. The maximum Gasteiger partial charge on any atom is 0.261 e. The Morgan fingerprint density at radius 3 is 2.50 bits per heavy atom. The maximum absolute atomic E-state index is 14.4. The second-order valence-electron chi connectivity index (χ2n) is 12.1. The van der Waals surface area contributed by atoms with Crippen LogP contribution in [0.25, 0.3) is 22.2 Å². The van der Waals surface area contributed by atoms with Crippen LogP contribution in [0.2, 0.25) is 0 Å². The van der Waals surface area contributed by atoms with Gasteiger partial charge in [-0.15, -0.1) is 0 Å². The minimum absolute atomic E-state index is 0.125. The quantitative estimate of drug-likeness (QED) is 0.260. The van der Waals surface area contributed by atoms with Crippen molar-refractivity contribution in [1.29, 1.82) is 0 Å². The van der Waals surface area contributed by atoms with E-state index in [2.05, 4.69) is 22.2 Å². The number of piperidine rings is 1. The Labute approximate surface area is 268 Å². The molecule has 2 atom stereocenters. The number of pyridine rings is 1. The zero-order chi connectivity index (χ0) is 32.0. The number of anilines is 3. The van der Waals surface area contributed by atoms with Crippen LogP contribution in [0.4, 0.5) is 17.3 Å². The van der Waals surface area contributed by atoms with E-state index in [4.69, 9.17) is 9.72 Å². The SMILES string of the molecule is Cc1ccccc1-c1cc2cnc(Nc3ccc(OC4CCCN(C)C4)cc3)nc2n(C2Cc3ccccc3N(C)S2(=O)=O)c1=O. The zero-order valence-electron chi connectivity index (χ0n) is 26.1. The summed E-state index contributed by atoms with van der Waals surface area (Å²) in [4.78, 5) is 26.0. The van der Waals surface area contributed by atoms with Crippen molar-refractivity contribution in [2.24, 2.45) is 0 Å². The molecule has 236 valence electrons. The van der Waals surface area contributed by atoms with Crippen molar-refractivity contribution >= 4 is 38.4 Å². The van der Waals surface area contributed by atoms with E-state index in [1.165, 1.54) is 15.9 Å². The number of fused-ring (bicyclic) bond motifs is 2. The molecule has 0 radical (unpaired) electrons. The molecule has 4 heterocycles. The highest BCUT2D eigenvalue weighted by Crippen LogP contribution is 2.38. The molecule has 1 fully saturated rings. The number of likely N-dealkylation sites (N-methyl/N-ethyl adjacent to an activating group) is 1. The molecule has 2 aliphatic heterocycles. The van der Waals surface area contributed by atoms with Crippen LogP contribution in [0.5, 0.6) is 5.75 Å². The molecule has 2 aromatic heterocycles. The van der Waals surface area contributed by atoms with Gasteiger partial charge in [0.1, 0.15) is 17.5 Å². The lowest BCUT2D eigenvalue weighted by atomic mass is 10.0. The second-order valence-corrected chi connectivity index (χ2v) is 14.2. The summed E-state index contributed by atoms with van der Waals surface area (Å²) in [6.45, 7) is 3.92. The van der Waals surface area contributed by atoms with Gasteiger partial charge < -0.3 is 15.0 Å². The average molecular weight is 637 g/mol. The van der Waals surface area contributed by atoms with Gasteiger partial charge in [-0.3, -0.25) is 13.7 Å². The number of likely N-dealkylation sites (tertiary alicyclic amines) is 1. The van der Waals surface area contributed by atoms with Crippen LogP contribution in [-0.4, -0.2) is 61.1 Å². The van der Waals surface area contributed by atoms with Crippen LogP contribution in [0, 0.1) is 6.92 Å². The first-order chi connectivity index (χ1) is 22.2. The molecule has 3 aromatic carbocycles. The van der Waals surface area contributed by atoms with Crippen LogP contribution in [0.15, 0.2) is 89.9 Å². The third kappa shape index (κ3) is 5.50. The fourth-order valence-corrected chi connectivity index (χ4v) is 8.17. The Kier molecular flexibility index (Phi) is 7.74. The molecule has 1 N–H and O–H groups in total. The number of hydrogen-bond donors (Lipinski definition) is 1. The van der Waals surface area contributed by atoms with Crippen LogP contribution in [0.1, 0.15) is 29.3 Å². The summed E-state index contributed by atoms with van der Waals surface area (Å²) in [5, 5.41) is 2.58. The summed E-state index contributed by atoms with van der Waals surface area (Å²) in [7, 11) is -0.350. The highest BCUT2D eigenvalue weighted by Gasteiger charge is 2.39. The number of sulfonamides is 1. The summed E-state index contributed by atoms with van der Waals surface area (Å²) in [6.07, 6.45) is 4.06. The van der Waals surface area contributed by atoms with Gasteiger partial charge in [0.2, 0.25) is 5.95 Å². The zero-order valence-corrected chi connectivity index (χ0v) is 26.9. The first-order valence-corrected chi connectivity index (χ1v) is 17.0. The number of nitrogens with one attached hydrogen (secondary N) is 1. The van der Waals surface area contributed by atoms with Crippen molar-refractivity contribution in [3.8, 4) is 16.9 Å². The fourth-order valence-electron chi connectivity index (χ4n) is 6.50. The van der Waals surface area contributed by atoms with Crippen LogP contribution < -0.4 is 19.9 Å². The molecule has 0 bridgehead atoms. The van der Waals surface area contributed by atoms with E-state index in [1.807, 2.05) is 73.7 Å². The highest BCUT2D eigenvalue weighted by atomic mass is 32.2. The third-order valence-electron chi connectivity index (χ3n) is 8.94. The van der Waals surface area contributed by atoms with Gasteiger partial charge in [0.25, 0.3) is 15.6 Å². The molecule has 0 saturated carbocycles. The molecule has 2 unspecified atom stereocenters. The van der Waals surface area contributed by atoms with Crippen molar-refractivity contribution < 1.29 is 13.2 Å². The Bertz CT molecular complexity index is 2100. The van der Waals surface area contributed by atoms with Crippen molar-refractivity contribution in [3.63, 3.8) is 0 Å². The van der Waals surface area contributed by atoms with Gasteiger partial charge in [-0.1, -0.05) is 42.5 Å². The van der Waals surface area contributed by atoms with Crippen molar-refractivity contribution in [1.82, 2.24) is 19.4 Å². The fraction of sp³-hybridized carbons (Fsp3) is 0.286. The summed E-state index contributed by atoms with van der Waals surface area (Å²) in [6, 6.07) is 24.3. The van der Waals surface area contributed by atoms with Gasteiger partial charge in [-0.05, 0) is 86.4 Å². The van der Waals surface area contributed by atoms with Crippen molar-refractivity contribution in [2.45, 2.75) is 37.7 Å². The normalized spacial score (nSPS) is 19.5. The lowest BCUT2D eigenvalue weighted by Gasteiger charge is -2.34. The van der Waals surface area contributed by atoms with E-state index in [9.17, 15) is 13.2 Å². The van der Waals surface area contributed by atoms with E-state index >= 15 is 0 Å².